The van der Waals surface area contributed by atoms with E-state index >= 15 is 0 Å². The molecule has 0 spiro atoms. The lowest BCUT2D eigenvalue weighted by Crippen LogP contribution is -2.20. The zero-order valence-corrected chi connectivity index (χ0v) is 15.2. The van der Waals surface area contributed by atoms with Gasteiger partial charge in [-0.1, -0.05) is 30.3 Å². The van der Waals surface area contributed by atoms with Crippen LogP contribution in [0.4, 0.5) is 17.1 Å². The number of hydrogen-bond acceptors (Lipinski definition) is 4. The molecule has 3 aromatic rings. The Balaban J connectivity index is 1.47. The van der Waals surface area contributed by atoms with Crippen LogP contribution in [0.1, 0.15) is 5.56 Å². The van der Waals surface area contributed by atoms with Gasteiger partial charge in [0.2, 0.25) is 0 Å². The molecule has 5 heteroatoms. The van der Waals surface area contributed by atoms with Gasteiger partial charge in [0.25, 0.3) is 5.91 Å². The van der Waals surface area contributed by atoms with Gasteiger partial charge in [-0.25, -0.2) is 0 Å². The summed E-state index contributed by atoms with van der Waals surface area (Å²) in [4.78, 5) is 12.0. The minimum Gasteiger partial charge on any atom is -0.484 e. The van der Waals surface area contributed by atoms with Gasteiger partial charge in [0, 0.05) is 23.6 Å². The number of anilines is 3. The molecular formula is C22H23N3O2. The molecule has 0 heterocycles. The largest absolute Gasteiger partial charge is 0.484 e. The van der Waals surface area contributed by atoms with Crippen LogP contribution in [-0.4, -0.2) is 19.6 Å². The van der Waals surface area contributed by atoms with Crippen LogP contribution in [0.2, 0.25) is 0 Å². The summed E-state index contributed by atoms with van der Waals surface area (Å²) in [7, 11) is 1.90. The van der Waals surface area contributed by atoms with E-state index in [0.717, 1.165) is 29.2 Å². The van der Waals surface area contributed by atoms with E-state index in [4.69, 9.17) is 4.74 Å². The summed E-state index contributed by atoms with van der Waals surface area (Å²) in [5, 5.41) is 9.22. The van der Waals surface area contributed by atoms with Crippen molar-refractivity contribution in [2.24, 2.45) is 0 Å². The van der Waals surface area contributed by atoms with Crippen molar-refractivity contribution in [2.75, 3.05) is 24.3 Å². The minimum absolute atomic E-state index is 0.0380. The van der Waals surface area contributed by atoms with E-state index in [2.05, 4.69) is 16.0 Å². The number of ether oxygens (including phenoxy) is 1. The highest BCUT2D eigenvalue weighted by Crippen LogP contribution is 2.20. The molecule has 0 atom stereocenters. The lowest BCUT2D eigenvalue weighted by molar-refractivity contribution is -0.118. The number of carbonyl (C=O) groups is 1. The van der Waals surface area contributed by atoms with Crippen molar-refractivity contribution in [3.05, 3.63) is 84.4 Å². The number of amides is 1. The fraction of sp³-hybridized carbons (Fsp3) is 0.136. The Morgan fingerprint density at radius 1 is 0.815 bits per heavy atom. The molecule has 0 aliphatic carbocycles. The smallest absolute Gasteiger partial charge is 0.262 e. The second kappa shape index (κ2) is 9.40. The molecule has 3 rings (SSSR count). The summed E-state index contributed by atoms with van der Waals surface area (Å²) >= 11 is 0. The SMILES string of the molecule is CNCc1ccc(NC(=O)COc2ccc(Nc3ccccc3)cc2)cc1. The maximum absolute atomic E-state index is 12.0. The maximum Gasteiger partial charge on any atom is 0.262 e. The van der Waals surface area contributed by atoms with Crippen molar-refractivity contribution in [1.29, 1.82) is 0 Å². The van der Waals surface area contributed by atoms with Gasteiger partial charge in [-0.05, 0) is 61.1 Å². The molecule has 27 heavy (non-hydrogen) atoms. The van der Waals surface area contributed by atoms with Gasteiger partial charge < -0.3 is 20.7 Å². The Labute approximate surface area is 159 Å². The van der Waals surface area contributed by atoms with Crippen LogP contribution >= 0.6 is 0 Å². The first kappa shape index (κ1) is 18.5. The molecule has 0 radical (unpaired) electrons. The lowest BCUT2D eigenvalue weighted by Gasteiger charge is -2.10. The maximum atomic E-state index is 12.0. The summed E-state index contributed by atoms with van der Waals surface area (Å²) < 4.78 is 5.56. The van der Waals surface area contributed by atoms with E-state index in [-0.39, 0.29) is 12.5 Å². The first-order valence-corrected chi connectivity index (χ1v) is 8.81. The Morgan fingerprint density at radius 3 is 2.11 bits per heavy atom. The van der Waals surface area contributed by atoms with Crippen molar-refractivity contribution in [1.82, 2.24) is 5.32 Å². The zero-order chi connectivity index (χ0) is 18.9. The molecule has 138 valence electrons. The second-order valence-electron chi connectivity index (χ2n) is 6.08. The average Bonchev–Trinajstić information content (AvgIpc) is 2.70. The van der Waals surface area contributed by atoms with Crippen molar-refractivity contribution in [2.45, 2.75) is 6.54 Å². The molecule has 5 nitrogen and oxygen atoms in total. The van der Waals surface area contributed by atoms with Gasteiger partial charge in [-0.3, -0.25) is 4.79 Å². The summed E-state index contributed by atoms with van der Waals surface area (Å²) in [6.07, 6.45) is 0. The Hall–Kier alpha value is -3.31. The number of nitrogens with one attached hydrogen (secondary N) is 3. The molecule has 0 aromatic heterocycles. The number of hydrogen-bond donors (Lipinski definition) is 3. The third-order valence-electron chi connectivity index (χ3n) is 3.91. The summed E-state index contributed by atoms with van der Waals surface area (Å²) in [6.45, 7) is 0.760. The summed E-state index contributed by atoms with van der Waals surface area (Å²) in [5.41, 5.74) is 3.90. The third-order valence-corrected chi connectivity index (χ3v) is 3.91. The van der Waals surface area contributed by atoms with Crippen molar-refractivity contribution in [3.63, 3.8) is 0 Å². The van der Waals surface area contributed by atoms with E-state index in [1.165, 1.54) is 0 Å². The fourth-order valence-electron chi connectivity index (χ4n) is 2.58. The quantitative estimate of drug-likeness (QED) is 0.564. The highest BCUT2D eigenvalue weighted by atomic mass is 16.5. The highest BCUT2D eigenvalue weighted by Gasteiger charge is 2.04. The Kier molecular flexibility index (Phi) is 6.44. The highest BCUT2D eigenvalue weighted by molar-refractivity contribution is 5.91. The average molecular weight is 361 g/mol. The first-order chi connectivity index (χ1) is 13.2. The molecule has 0 aliphatic rings. The molecule has 0 bridgehead atoms. The Morgan fingerprint density at radius 2 is 1.44 bits per heavy atom. The van der Waals surface area contributed by atoms with Gasteiger partial charge in [-0.2, -0.15) is 0 Å². The number of carbonyl (C=O) groups excluding carboxylic acids is 1. The molecule has 0 saturated carbocycles. The van der Waals surface area contributed by atoms with Crippen LogP contribution in [0.25, 0.3) is 0 Å². The number of rotatable bonds is 8. The van der Waals surface area contributed by atoms with Crippen LogP contribution in [0.5, 0.6) is 5.75 Å². The van der Waals surface area contributed by atoms with Gasteiger partial charge in [0.15, 0.2) is 6.61 Å². The van der Waals surface area contributed by atoms with Crippen LogP contribution in [0.3, 0.4) is 0 Å². The van der Waals surface area contributed by atoms with Gasteiger partial charge >= 0.3 is 0 Å². The van der Waals surface area contributed by atoms with Gasteiger partial charge in [0.05, 0.1) is 0 Å². The van der Waals surface area contributed by atoms with E-state index < -0.39 is 0 Å². The molecule has 0 unspecified atom stereocenters. The number of benzene rings is 3. The fourth-order valence-corrected chi connectivity index (χ4v) is 2.58. The van der Waals surface area contributed by atoms with Crippen molar-refractivity contribution >= 4 is 23.0 Å². The minimum atomic E-state index is -0.192. The van der Waals surface area contributed by atoms with Crippen molar-refractivity contribution < 1.29 is 9.53 Å². The molecule has 3 N–H and O–H groups in total. The van der Waals surface area contributed by atoms with E-state index in [1.807, 2.05) is 85.9 Å². The van der Waals surface area contributed by atoms with E-state index in [1.54, 1.807) is 0 Å². The van der Waals surface area contributed by atoms with Crippen LogP contribution in [0.15, 0.2) is 78.9 Å². The standard InChI is InChI=1S/C22H23N3O2/c1-23-15-17-7-9-20(10-8-17)25-22(26)16-27-21-13-11-19(12-14-21)24-18-5-3-2-4-6-18/h2-14,23-24H,15-16H2,1H3,(H,25,26). The molecule has 0 aliphatic heterocycles. The summed E-state index contributed by atoms with van der Waals surface area (Å²) in [6, 6.07) is 25.2. The molecule has 0 saturated heterocycles. The molecule has 3 aromatic carbocycles. The zero-order valence-electron chi connectivity index (χ0n) is 15.2. The predicted molar refractivity (Wildman–Crippen MR) is 109 cm³/mol. The predicted octanol–water partition coefficient (Wildman–Crippen LogP) is 4.17. The van der Waals surface area contributed by atoms with Crippen molar-refractivity contribution in [3.8, 4) is 5.75 Å². The number of para-hydroxylation sites is 1. The molecular weight excluding hydrogens is 338 g/mol. The molecule has 0 fully saturated rings. The normalized spacial score (nSPS) is 10.3. The van der Waals surface area contributed by atoms with Crippen LogP contribution in [0, 0.1) is 0 Å². The van der Waals surface area contributed by atoms with Crippen LogP contribution in [-0.2, 0) is 11.3 Å². The topological polar surface area (TPSA) is 62.4 Å². The lowest BCUT2D eigenvalue weighted by atomic mass is 10.2. The first-order valence-electron chi connectivity index (χ1n) is 8.81. The monoisotopic (exact) mass is 361 g/mol. The summed E-state index contributed by atoms with van der Waals surface area (Å²) in [5.74, 6) is 0.455. The Bertz CT molecular complexity index is 847. The van der Waals surface area contributed by atoms with Gasteiger partial charge in [-0.15, -0.1) is 0 Å². The van der Waals surface area contributed by atoms with Gasteiger partial charge in [0.1, 0.15) is 5.75 Å². The molecule has 1 amide bonds. The van der Waals surface area contributed by atoms with E-state index in [0.29, 0.717) is 5.75 Å². The van der Waals surface area contributed by atoms with E-state index in [9.17, 15) is 4.79 Å². The van der Waals surface area contributed by atoms with Crippen LogP contribution < -0.4 is 20.7 Å². The second-order valence-corrected chi connectivity index (χ2v) is 6.08. The third kappa shape index (κ3) is 5.87.